The lowest BCUT2D eigenvalue weighted by Gasteiger charge is -2.10. The Hall–Kier alpha value is -1.80. The van der Waals surface area contributed by atoms with E-state index in [0.717, 1.165) is 29.9 Å². The van der Waals surface area contributed by atoms with Crippen LogP contribution in [0.25, 0.3) is 0 Å². The third-order valence-corrected chi connectivity index (χ3v) is 3.07. The molecule has 0 unspecified atom stereocenters. The SMILES string of the molecule is OC1(c2cccc(Oc3ccccc3)c2)CC1. The number of hydrogen-bond donors (Lipinski definition) is 1. The fraction of sp³-hybridized carbons (Fsp3) is 0.200. The Kier molecular flexibility index (Phi) is 2.37. The van der Waals surface area contributed by atoms with Crippen LogP contribution in [0.4, 0.5) is 0 Å². The molecule has 2 heteroatoms. The Labute approximate surface area is 100 Å². The molecular weight excluding hydrogens is 212 g/mol. The number of ether oxygens (including phenoxy) is 1. The van der Waals surface area contributed by atoms with Crippen LogP contribution >= 0.6 is 0 Å². The molecule has 0 bridgehead atoms. The van der Waals surface area contributed by atoms with Crippen molar-refractivity contribution in [3.05, 3.63) is 60.2 Å². The molecule has 0 aromatic heterocycles. The number of para-hydroxylation sites is 1. The van der Waals surface area contributed by atoms with E-state index in [9.17, 15) is 5.11 Å². The smallest absolute Gasteiger partial charge is 0.127 e. The predicted octanol–water partition coefficient (Wildman–Crippen LogP) is 3.46. The van der Waals surface area contributed by atoms with Crippen LogP contribution in [0.15, 0.2) is 54.6 Å². The van der Waals surface area contributed by atoms with E-state index in [2.05, 4.69) is 0 Å². The molecule has 0 spiro atoms. The number of hydrogen-bond acceptors (Lipinski definition) is 2. The summed E-state index contributed by atoms with van der Waals surface area (Å²) in [5, 5.41) is 10.0. The van der Waals surface area contributed by atoms with Gasteiger partial charge in [0.2, 0.25) is 0 Å². The molecule has 2 nitrogen and oxygen atoms in total. The number of aliphatic hydroxyl groups is 1. The molecule has 1 aliphatic carbocycles. The van der Waals surface area contributed by atoms with E-state index >= 15 is 0 Å². The summed E-state index contributed by atoms with van der Waals surface area (Å²) in [4.78, 5) is 0. The first-order valence-electron chi connectivity index (χ1n) is 5.82. The maximum absolute atomic E-state index is 10.0. The van der Waals surface area contributed by atoms with E-state index in [1.165, 1.54) is 0 Å². The minimum absolute atomic E-state index is 0.601. The largest absolute Gasteiger partial charge is 0.457 e. The molecule has 86 valence electrons. The van der Waals surface area contributed by atoms with Crippen molar-refractivity contribution < 1.29 is 9.84 Å². The van der Waals surface area contributed by atoms with Crippen molar-refractivity contribution in [2.45, 2.75) is 18.4 Å². The highest BCUT2D eigenvalue weighted by atomic mass is 16.5. The quantitative estimate of drug-likeness (QED) is 0.868. The van der Waals surface area contributed by atoms with Gasteiger partial charge >= 0.3 is 0 Å². The Balaban J connectivity index is 1.84. The van der Waals surface area contributed by atoms with Gasteiger partial charge in [0.25, 0.3) is 0 Å². The summed E-state index contributed by atoms with van der Waals surface area (Å²) >= 11 is 0. The Morgan fingerprint density at radius 3 is 2.29 bits per heavy atom. The van der Waals surface area contributed by atoms with Gasteiger partial charge in [-0.2, -0.15) is 0 Å². The second kappa shape index (κ2) is 3.90. The lowest BCUT2D eigenvalue weighted by Crippen LogP contribution is -2.03. The van der Waals surface area contributed by atoms with Crippen molar-refractivity contribution in [2.75, 3.05) is 0 Å². The zero-order chi connectivity index (χ0) is 11.7. The zero-order valence-electron chi connectivity index (χ0n) is 9.47. The molecule has 0 saturated heterocycles. The summed E-state index contributed by atoms with van der Waals surface area (Å²) in [6, 6.07) is 17.4. The third kappa shape index (κ3) is 2.17. The van der Waals surface area contributed by atoms with Gasteiger partial charge in [0.1, 0.15) is 11.5 Å². The second-order valence-electron chi connectivity index (χ2n) is 4.47. The Morgan fingerprint density at radius 1 is 0.882 bits per heavy atom. The molecule has 1 N–H and O–H groups in total. The van der Waals surface area contributed by atoms with E-state index in [0.29, 0.717) is 0 Å². The highest BCUT2D eigenvalue weighted by Crippen LogP contribution is 2.46. The van der Waals surface area contributed by atoms with Crippen molar-refractivity contribution in [2.24, 2.45) is 0 Å². The summed E-state index contributed by atoms with van der Waals surface area (Å²) < 4.78 is 5.73. The van der Waals surface area contributed by atoms with Crippen molar-refractivity contribution in [3.63, 3.8) is 0 Å². The predicted molar refractivity (Wildman–Crippen MR) is 66.1 cm³/mol. The zero-order valence-corrected chi connectivity index (χ0v) is 9.47. The highest BCUT2D eigenvalue weighted by molar-refractivity contribution is 5.37. The third-order valence-electron chi connectivity index (χ3n) is 3.07. The average molecular weight is 226 g/mol. The second-order valence-corrected chi connectivity index (χ2v) is 4.47. The topological polar surface area (TPSA) is 29.5 Å². The van der Waals surface area contributed by atoms with Gasteiger partial charge in [-0.15, -0.1) is 0 Å². The normalized spacial score (nSPS) is 16.5. The molecule has 1 aliphatic rings. The molecule has 0 atom stereocenters. The van der Waals surface area contributed by atoms with Gasteiger partial charge < -0.3 is 9.84 Å². The van der Waals surface area contributed by atoms with Gasteiger partial charge in [-0.1, -0.05) is 30.3 Å². The first kappa shape index (κ1) is 10.4. The Morgan fingerprint density at radius 2 is 1.59 bits per heavy atom. The van der Waals surface area contributed by atoms with Crippen LogP contribution in [-0.2, 0) is 5.60 Å². The van der Waals surface area contributed by atoms with Crippen LogP contribution in [-0.4, -0.2) is 5.11 Å². The van der Waals surface area contributed by atoms with Crippen LogP contribution < -0.4 is 4.74 Å². The number of benzene rings is 2. The molecule has 17 heavy (non-hydrogen) atoms. The molecular formula is C15H14O2. The fourth-order valence-corrected chi connectivity index (χ4v) is 1.88. The molecule has 2 aromatic carbocycles. The van der Waals surface area contributed by atoms with E-state index in [1.54, 1.807) is 0 Å². The summed E-state index contributed by atoms with van der Waals surface area (Å²) in [6.07, 6.45) is 1.70. The fourth-order valence-electron chi connectivity index (χ4n) is 1.88. The Bertz CT molecular complexity index is 515. The maximum Gasteiger partial charge on any atom is 0.127 e. The molecule has 1 fully saturated rings. The molecule has 0 amide bonds. The van der Waals surface area contributed by atoms with E-state index in [1.807, 2.05) is 54.6 Å². The van der Waals surface area contributed by atoms with E-state index in [4.69, 9.17) is 4.74 Å². The van der Waals surface area contributed by atoms with Gasteiger partial charge in [0.15, 0.2) is 0 Å². The summed E-state index contributed by atoms with van der Waals surface area (Å²) in [7, 11) is 0. The van der Waals surface area contributed by atoms with E-state index in [-0.39, 0.29) is 0 Å². The van der Waals surface area contributed by atoms with Crippen molar-refractivity contribution in [3.8, 4) is 11.5 Å². The maximum atomic E-state index is 10.0. The monoisotopic (exact) mass is 226 g/mol. The van der Waals surface area contributed by atoms with Crippen LogP contribution in [0, 0.1) is 0 Å². The highest BCUT2D eigenvalue weighted by Gasteiger charge is 2.42. The average Bonchev–Trinajstić information content (AvgIpc) is 3.11. The minimum atomic E-state index is -0.601. The van der Waals surface area contributed by atoms with Crippen LogP contribution in [0.2, 0.25) is 0 Å². The lowest BCUT2D eigenvalue weighted by molar-refractivity contribution is 0.151. The summed E-state index contributed by atoms with van der Waals surface area (Å²) in [5.74, 6) is 1.58. The van der Waals surface area contributed by atoms with Gasteiger partial charge in [-0.05, 0) is 42.7 Å². The van der Waals surface area contributed by atoms with Crippen LogP contribution in [0.1, 0.15) is 18.4 Å². The van der Waals surface area contributed by atoms with Gasteiger partial charge in [-0.25, -0.2) is 0 Å². The van der Waals surface area contributed by atoms with Gasteiger partial charge in [0.05, 0.1) is 5.60 Å². The lowest BCUT2D eigenvalue weighted by atomic mass is 10.1. The summed E-state index contributed by atoms with van der Waals surface area (Å²) in [5.41, 5.74) is 0.349. The summed E-state index contributed by atoms with van der Waals surface area (Å²) in [6.45, 7) is 0. The van der Waals surface area contributed by atoms with Crippen LogP contribution in [0.5, 0.6) is 11.5 Å². The standard InChI is InChI=1S/C15H14O2/c16-15(9-10-15)12-5-4-8-14(11-12)17-13-6-2-1-3-7-13/h1-8,11,16H,9-10H2. The van der Waals surface area contributed by atoms with E-state index < -0.39 is 5.60 Å². The molecule has 1 saturated carbocycles. The number of rotatable bonds is 3. The minimum Gasteiger partial charge on any atom is -0.457 e. The molecule has 3 rings (SSSR count). The van der Waals surface area contributed by atoms with Gasteiger partial charge in [0, 0.05) is 0 Å². The first-order chi connectivity index (χ1) is 8.26. The molecule has 0 heterocycles. The van der Waals surface area contributed by atoms with Crippen molar-refractivity contribution in [1.29, 1.82) is 0 Å². The first-order valence-corrected chi connectivity index (χ1v) is 5.82. The van der Waals surface area contributed by atoms with Gasteiger partial charge in [-0.3, -0.25) is 0 Å². The molecule has 0 radical (unpaired) electrons. The molecule has 2 aromatic rings. The van der Waals surface area contributed by atoms with Crippen molar-refractivity contribution in [1.82, 2.24) is 0 Å². The van der Waals surface area contributed by atoms with Crippen molar-refractivity contribution >= 4 is 0 Å². The molecule has 0 aliphatic heterocycles. The van der Waals surface area contributed by atoms with Crippen LogP contribution in [0.3, 0.4) is 0 Å².